The lowest BCUT2D eigenvalue weighted by Crippen LogP contribution is -2.03. The van der Waals surface area contributed by atoms with Gasteiger partial charge in [-0.1, -0.05) is 57.6 Å². The quantitative estimate of drug-likeness (QED) is 0.0764. The van der Waals surface area contributed by atoms with E-state index in [9.17, 15) is 13.2 Å². The van der Waals surface area contributed by atoms with Gasteiger partial charge in [0.2, 0.25) is 0 Å². The zero-order valence-corrected chi connectivity index (χ0v) is 26.0. The molecule has 0 saturated carbocycles. The Hall–Kier alpha value is -3.92. The number of carbonyl (C=O) groups excluding carboxylic acids is 1. The summed E-state index contributed by atoms with van der Waals surface area (Å²) in [5.41, 5.74) is 3.46. The van der Waals surface area contributed by atoms with Crippen LogP contribution in [0, 0.1) is 0 Å². The first-order valence-electron chi connectivity index (χ1n) is 14.9. The Morgan fingerprint density at radius 1 is 0.605 bits per heavy atom. The highest BCUT2D eigenvalue weighted by atomic mass is 32.2. The van der Waals surface area contributed by atoms with Gasteiger partial charge in [0.15, 0.2) is 9.84 Å². The maximum atomic E-state index is 11.4. The average Bonchev–Trinajstić information content (AvgIpc) is 3.00. The van der Waals surface area contributed by atoms with Crippen LogP contribution in [0.3, 0.4) is 0 Å². The molecule has 0 spiro atoms. The van der Waals surface area contributed by atoms with E-state index < -0.39 is 9.84 Å². The molecule has 0 amide bonds. The minimum Gasteiger partial charge on any atom is -0.494 e. The highest BCUT2D eigenvalue weighted by Gasteiger charge is 2.04. The first kappa shape index (κ1) is 33.6. The van der Waals surface area contributed by atoms with E-state index in [1.54, 1.807) is 24.3 Å². The highest BCUT2D eigenvalue weighted by molar-refractivity contribution is 7.89. The molecule has 3 aromatic rings. The first-order chi connectivity index (χ1) is 20.8. The Balaban J connectivity index is 1.29. The first-order valence-corrected chi connectivity index (χ1v) is 17.0. The summed E-state index contributed by atoms with van der Waals surface area (Å²) in [5.74, 6) is 0.714. The maximum Gasteiger partial charge on any atom is 0.305 e. The van der Waals surface area contributed by atoms with E-state index in [0.717, 1.165) is 37.1 Å². The van der Waals surface area contributed by atoms with Gasteiger partial charge in [0.05, 0.1) is 41.7 Å². The lowest BCUT2D eigenvalue weighted by atomic mass is 10.1. The molecule has 43 heavy (non-hydrogen) atoms. The largest absolute Gasteiger partial charge is 0.494 e. The van der Waals surface area contributed by atoms with E-state index >= 15 is 0 Å². The van der Waals surface area contributed by atoms with Crippen LogP contribution in [-0.2, 0) is 25.1 Å². The third kappa shape index (κ3) is 14.7. The Morgan fingerprint density at radius 3 is 1.44 bits per heavy atom. The number of rotatable bonds is 19. The molecule has 0 aliphatic carbocycles. The predicted molar refractivity (Wildman–Crippen MR) is 170 cm³/mol. The van der Waals surface area contributed by atoms with Crippen LogP contribution >= 0.6 is 0 Å². The molecule has 10 heteroatoms. The average molecular weight is 607 g/mol. The van der Waals surface area contributed by atoms with Gasteiger partial charge in [-0.25, -0.2) is 8.42 Å². The smallest absolute Gasteiger partial charge is 0.305 e. The normalized spacial score (nSPS) is 11.8. The van der Waals surface area contributed by atoms with Gasteiger partial charge < -0.3 is 9.47 Å². The second kappa shape index (κ2) is 18.6. The van der Waals surface area contributed by atoms with Gasteiger partial charge in [-0.2, -0.15) is 20.5 Å². The van der Waals surface area contributed by atoms with E-state index in [2.05, 4.69) is 20.5 Å². The van der Waals surface area contributed by atoms with Crippen LogP contribution in [0.25, 0.3) is 0 Å². The van der Waals surface area contributed by atoms with E-state index in [1.807, 2.05) is 55.5 Å². The van der Waals surface area contributed by atoms with Crippen molar-refractivity contribution >= 4 is 38.6 Å². The van der Waals surface area contributed by atoms with Gasteiger partial charge in [0.25, 0.3) is 0 Å². The van der Waals surface area contributed by atoms with Crippen molar-refractivity contribution in [3.63, 3.8) is 0 Å². The molecule has 0 radical (unpaired) electrons. The molecule has 3 rings (SSSR count). The van der Waals surface area contributed by atoms with Crippen molar-refractivity contribution < 1.29 is 22.7 Å². The van der Waals surface area contributed by atoms with Crippen LogP contribution in [0.15, 0.2) is 93.3 Å². The van der Waals surface area contributed by atoms with Crippen molar-refractivity contribution in [2.75, 3.05) is 19.5 Å². The molecule has 0 heterocycles. The van der Waals surface area contributed by atoms with Crippen molar-refractivity contribution in [3.8, 4) is 5.75 Å². The second-order valence-electron chi connectivity index (χ2n) is 10.4. The summed E-state index contributed by atoms with van der Waals surface area (Å²) in [6.45, 7) is 3.06. The molecule has 0 unspecified atom stereocenters. The Bertz CT molecular complexity index is 1410. The van der Waals surface area contributed by atoms with Crippen molar-refractivity contribution in [2.24, 2.45) is 20.5 Å². The molecule has 9 nitrogen and oxygen atoms in total. The number of hydrogen-bond acceptors (Lipinski definition) is 9. The van der Waals surface area contributed by atoms with Gasteiger partial charge in [-0.15, -0.1) is 0 Å². The number of benzene rings is 3. The molecule has 0 aliphatic rings. The number of esters is 1. The number of carbonyl (C=O) groups is 1. The highest BCUT2D eigenvalue weighted by Crippen LogP contribution is 2.25. The van der Waals surface area contributed by atoms with Crippen LogP contribution in [0.5, 0.6) is 5.75 Å². The fourth-order valence-electron chi connectivity index (χ4n) is 4.13. The maximum absolute atomic E-state index is 11.4. The standard InChI is InChI=1S/C33H42N4O5S/c1-3-33(38)42-25-11-9-7-5-4-6-8-10-24-41-32-22-20-31(21-23-32)37-36-30-18-16-29(17-19-30)35-34-28-14-12-27(13-15-28)26-43(2,39)40/h12-23H,3-11,24-26H2,1-2H3. The summed E-state index contributed by atoms with van der Waals surface area (Å²) in [7, 11) is -3.07. The van der Waals surface area contributed by atoms with Crippen LogP contribution in [-0.4, -0.2) is 33.9 Å². The van der Waals surface area contributed by atoms with Crippen LogP contribution in [0.2, 0.25) is 0 Å². The predicted octanol–water partition coefficient (Wildman–Crippen LogP) is 9.51. The molecular weight excluding hydrogens is 564 g/mol. The minimum atomic E-state index is -3.07. The summed E-state index contributed by atoms with van der Waals surface area (Å²) in [4.78, 5) is 11.1. The van der Waals surface area contributed by atoms with Gasteiger partial charge in [0, 0.05) is 12.7 Å². The van der Waals surface area contributed by atoms with Crippen LogP contribution in [0.1, 0.15) is 70.3 Å². The van der Waals surface area contributed by atoms with Crippen molar-refractivity contribution in [2.45, 2.75) is 70.5 Å². The molecule has 0 N–H and O–H groups in total. The summed E-state index contributed by atoms with van der Waals surface area (Å²) in [5, 5.41) is 17.0. The van der Waals surface area contributed by atoms with E-state index in [1.165, 1.54) is 31.9 Å². The molecule has 230 valence electrons. The Labute approximate surface area is 255 Å². The zero-order chi connectivity index (χ0) is 30.8. The summed E-state index contributed by atoms with van der Waals surface area (Å²) < 4.78 is 33.8. The zero-order valence-electron chi connectivity index (χ0n) is 25.2. The lowest BCUT2D eigenvalue weighted by Gasteiger charge is -2.06. The van der Waals surface area contributed by atoms with Gasteiger partial charge in [0.1, 0.15) is 5.75 Å². The Kier molecular flexibility index (Phi) is 14.5. The van der Waals surface area contributed by atoms with E-state index in [4.69, 9.17) is 9.47 Å². The van der Waals surface area contributed by atoms with E-state index in [0.29, 0.717) is 42.3 Å². The van der Waals surface area contributed by atoms with Gasteiger partial charge >= 0.3 is 5.97 Å². The lowest BCUT2D eigenvalue weighted by molar-refractivity contribution is -0.143. The number of azo groups is 2. The number of hydrogen-bond donors (Lipinski definition) is 0. The van der Waals surface area contributed by atoms with Crippen LogP contribution < -0.4 is 4.74 Å². The fraction of sp³-hybridized carbons (Fsp3) is 0.424. The molecule has 0 aromatic heterocycles. The van der Waals surface area contributed by atoms with Crippen LogP contribution in [0.4, 0.5) is 22.7 Å². The third-order valence-corrected chi connectivity index (χ3v) is 7.33. The summed E-state index contributed by atoms with van der Waals surface area (Å²) in [6.07, 6.45) is 10.8. The van der Waals surface area contributed by atoms with Crippen molar-refractivity contribution in [3.05, 3.63) is 78.4 Å². The second-order valence-corrected chi connectivity index (χ2v) is 12.5. The van der Waals surface area contributed by atoms with E-state index in [-0.39, 0.29) is 11.7 Å². The fourth-order valence-corrected chi connectivity index (χ4v) is 4.93. The SMILES string of the molecule is CCC(=O)OCCCCCCCCCCOc1ccc(N=Nc2ccc(N=Nc3ccc(CS(C)(=O)=O)cc3)cc2)cc1. The summed E-state index contributed by atoms with van der Waals surface area (Å²) >= 11 is 0. The Morgan fingerprint density at radius 2 is 1.00 bits per heavy atom. The number of sulfone groups is 1. The molecule has 0 saturated heterocycles. The topological polar surface area (TPSA) is 119 Å². The third-order valence-electron chi connectivity index (χ3n) is 6.47. The van der Waals surface area contributed by atoms with Crippen molar-refractivity contribution in [1.29, 1.82) is 0 Å². The van der Waals surface area contributed by atoms with Crippen molar-refractivity contribution in [1.82, 2.24) is 0 Å². The summed E-state index contributed by atoms with van der Waals surface area (Å²) in [6, 6.07) is 21.8. The monoisotopic (exact) mass is 606 g/mol. The number of nitrogens with zero attached hydrogens (tertiary/aromatic N) is 4. The minimum absolute atomic E-state index is 0.00349. The molecule has 0 bridgehead atoms. The number of unbranched alkanes of at least 4 members (excludes halogenated alkanes) is 7. The van der Waals surface area contributed by atoms with Gasteiger partial charge in [-0.3, -0.25) is 4.79 Å². The molecule has 0 aliphatic heterocycles. The molecule has 3 aromatic carbocycles. The molecule has 0 fully saturated rings. The molecular formula is C33H42N4O5S. The number of ether oxygens (including phenoxy) is 2. The molecule has 0 atom stereocenters. The van der Waals surface area contributed by atoms with Gasteiger partial charge in [-0.05, 0) is 79.1 Å².